The molecule has 10 nitrogen and oxygen atoms in total. The van der Waals surface area contributed by atoms with Gasteiger partial charge in [0.05, 0.1) is 19.8 Å². The number of hydrogen-bond acceptors (Lipinski definition) is 8. The molecule has 3 atom stereocenters. The standard InChI is InChI=1S/C39H66NO9P/c1-3-5-7-9-11-13-14-15-16-17-18-19-20-21-22-23-25-27-29-31-38(41)49-36(34-47-50(44,45)48-35-37(40)39(42)43)33-46-32-30-28-26-24-12-10-8-6-4-2/h5,7,11,13,15-16,18-19,21-22,25,27,36-37H,3-4,6,8-10,12,14,17,20,23-24,26,28-35,40H2,1-2H3,(H,42,43)(H,44,45)/b7-5-,13-11-,16-15-,19-18-,22-21-,27-25-. The number of rotatable bonds is 34. The summed E-state index contributed by atoms with van der Waals surface area (Å²) >= 11 is 0. The number of nitrogens with two attached hydrogens (primary N) is 1. The summed E-state index contributed by atoms with van der Waals surface area (Å²) in [4.78, 5) is 33.3. The molecule has 0 radical (unpaired) electrons. The Bertz CT molecular complexity index is 1070. The van der Waals surface area contributed by atoms with Crippen molar-refractivity contribution in [1.29, 1.82) is 0 Å². The number of unbranched alkanes of at least 4 members (excludes halogenated alkanes) is 8. The van der Waals surface area contributed by atoms with Crippen LogP contribution in [0.1, 0.15) is 123 Å². The Morgan fingerprint density at radius 2 is 1.12 bits per heavy atom. The summed E-state index contributed by atoms with van der Waals surface area (Å²) in [5, 5.41) is 8.85. The van der Waals surface area contributed by atoms with Gasteiger partial charge in [0.1, 0.15) is 12.1 Å². The molecule has 0 heterocycles. The molecule has 50 heavy (non-hydrogen) atoms. The molecule has 3 unspecified atom stereocenters. The van der Waals surface area contributed by atoms with Crippen LogP contribution in [0.5, 0.6) is 0 Å². The second-order valence-electron chi connectivity index (χ2n) is 12.0. The fourth-order valence-corrected chi connectivity index (χ4v) is 5.17. The quantitative estimate of drug-likeness (QED) is 0.0253. The van der Waals surface area contributed by atoms with E-state index in [2.05, 4.69) is 79.1 Å². The number of carbonyl (C=O) groups is 2. The summed E-state index contributed by atoms with van der Waals surface area (Å²) in [5.74, 6) is -1.88. The highest BCUT2D eigenvalue weighted by atomic mass is 31.2. The van der Waals surface area contributed by atoms with Crippen LogP contribution in [0, 0.1) is 0 Å². The number of phosphoric ester groups is 1. The maximum absolute atomic E-state index is 12.5. The zero-order valence-electron chi connectivity index (χ0n) is 30.7. The molecule has 0 fully saturated rings. The Hall–Kier alpha value is -2.59. The monoisotopic (exact) mass is 723 g/mol. The zero-order chi connectivity index (χ0) is 37.0. The number of carbonyl (C=O) groups excluding carboxylic acids is 1. The number of carboxylic acids is 1. The van der Waals surface area contributed by atoms with Crippen molar-refractivity contribution in [3.63, 3.8) is 0 Å². The van der Waals surface area contributed by atoms with Gasteiger partial charge in [-0.05, 0) is 51.4 Å². The van der Waals surface area contributed by atoms with Gasteiger partial charge in [-0.15, -0.1) is 0 Å². The van der Waals surface area contributed by atoms with E-state index in [1.807, 2.05) is 12.2 Å². The number of carboxylic acid groups (broad SMARTS) is 1. The molecule has 0 bridgehead atoms. The van der Waals surface area contributed by atoms with E-state index >= 15 is 0 Å². The van der Waals surface area contributed by atoms with Crippen molar-refractivity contribution in [1.82, 2.24) is 0 Å². The van der Waals surface area contributed by atoms with Crippen molar-refractivity contribution in [3.05, 3.63) is 72.9 Å². The predicted octanol–water partition coefficient (Wildman–Crippen LogP) is 9.47. The number of hydrogen-bond donors (Lipinski definition) is 3. The third-order valence-corrected chi connectivity index (χ3v) is 8.21. The maximum atomic E-state index is 12.5. The second-order valence-corrected chi connectivity index (χ2v) is 13.4. The van der Waals surface area contributed by atoms with Gasteiger partial charge < -0.3 is 25.2 Å². The van der Waals surface area contributed by atoms with E-state index in [1.54, 1.807) is 0 Å². The molecule has 0 aromatic rings. The number of aliphatic carboxylic acids is 1. The summed E-state index contributed by atoms with van der Waals surface area (Å²) < 4.78 is 33.0. The van der Waals surface area contributed by atoms with Crippen LogP contribution in [0.4, 0.5) is 0 Å². The van der Waals surface area contributed by atoms with Gasteiger partial charge in [0.15, 0.2) is 0 Å². The lowest BCUT2D eigenvalue weighted by molar-refractivity contribution is -0.154. The SMILES string of the molecule is CC/C=C\C/C=C\C/C=C\C/C=C\C/C=C\C/C=C\CCC(=O)OC(COCCCCCCCCCCC)COP(=O)(O)OCC(N)C(=O)O. The average molecular weight is 724 g/mol. The van der Waals surface area contributed by atoms with Gasteiger partial charge >= 0.3 is 19.8 Å². The number of phosphoric acid groups is 1. The maximum Gasteiger partial charge on any atom is 0.472 e. The molecule has 0 aliphatic rings. The molecule has 0 aliphatic heterocycles. The molecule has 4 N–H and O–H groups in total. The molecule has 0 spiro atoms. The molecule has 0 rings (SSSR count). The normalized spacial score (nSPS) is 15.0. The first-order valence-corrected chi connectivity index (χ1v) is 20.0. The predicted molar refractivity (Wildman–Crippen MR) is 203 cm³/mol. The summed E-state index contributed by atoms with van der Waals surface area (Å²) in [6, 6.07) is -1.48. The van der Waals surface area contributed by atoms with Crippen LogP contribution >= 0.6 is 7.82 Å². The Kier molecular flexibility index (Phi) is 33.0. The van der Waals surface area contributed by atoms with E-state index in [0.29, 0.717) is 13.0 Å². The molecule has 0 amide bonds. The van der Waals surface area contributed by atoms with Crippen LogP contribution in [0.25, 0.3) is 0 Å². The van der Waals surface area contributed by atoms with Crippen LogP contribution < -0.4 is 5.73 Å². The third-order valence-electron chi connectivity index (χ3n) is 7.26. The van der Waals surface area contributed by atoms with Gasteiger partial charge in [0.25, 0.3) is 0 Å². The highest BCUT2D eigenvalue weighted by Gasteiger charge is 2.27. The van der Waals surface area contributed by atoms with E-state index < -0.39 is 45.1 Å². The minimum atomic E-state index is -4.63. The van der Waals surface area contributed by atoms with Gasteiger partial charge in [-0.3, -0.25) is 18.6 Å². The molecule has 0 aromatic heterocycles. The van der Waals surface area contributed by atoms with E-state index in [4.69, 9.17) is 24.8 Å². The molecular weight excluding hydrogens is 657 g/mol. The van der Waals surface area contributed by atoms with Crippen LogP contribution in [-0.4, -0.2) is 60.5 Å². The van der Waals surface area contributed by atoms with Crippen LogP contribution in [-0.2, 0) is 32.7 Å². The fraction of sp³-hybridized carbons (Fsp3) is 0.641. The fourth-order valence-electron chi connectivity index (χ4n) is 4.39. The molecule has 11 heteroatoms. The van der Waals surface area contributed by atoms with Gasteiger partial charge in [-0.1, -0.05) is 138 Å². The molecule has 286 valence electrons. The Morgan fingerprint density at radius 1 is 0.660 bits per heavy atom. The van der Waals surface area contributed by atoms with Crippen molar-refractivity contribution < 1.29 is 42.7 Å². The van der Waals surface area contributed by atoms with E-state index in [1.165, 1.54) is 38.5 Å². The van der Waals surface area contributed by atoms with Crippen molar-refractivity contribution in [2.24, 2.45) is 5.73 Å². The van der Waals surface area contributed by atoms with Crippen LogP contribution in [0.2, 0.25) is 0 Å². The lowest BCUT2D eigenvalue weighted by Gasteiger charge is -2.20. The first-order valence-electron chi connectivity index (χ1n) is 18.5. The van der Waals surface area contributed by atoms with Gasteiger partial charge in [-0.2, -0.15) is 0 Å². The van der Waals surface area contributed by atoms with Crippen molar-refractivity contribution in [3.8, 4) is 0 Å². The van der Waals surface area contributed by atoms with E-state index in [9.17, 15) is 19.0 Å². The summed E-state index contributed by atoms with van der Waals surface area (Å²) in [7, 11) is -4.63. The topological polar surface area (TPSA) is 155 Å². The molecule has 0 aromatic carbocycles. The first-order chi connectivity index (χ1) is 24.2. The third kappa shape index (κ3) is 33.9. The molecular formula is C39H66NO9P. The average Bonchev–Trinajstić information content (AvgIpc) is 3.09. The van der Waals surface area contributed by atoms with Crippen molar-refractivity contribution in [2.75, 3.05) is 26.4 Å². The highest BCUT2D eigenvalue weighted by molar-refractivity contribution is 7.47. The number of ether oxygens (including phenoxy) is 2. The van der Waals surface area contributed by atoms with E-state index in [-0.39, 0.29) is 13.0 Å². The molecule has 0 saturated heterocycles. The molecule has 0 aliphatic carbocycles. The van der Waals surface area contributed by atoms with E-state index in [0.717, 1.165) is 57.8 Å². The summed E-state index contributed by atoms with van der Waals surface area (Å²) in [5.41, 5.74) is 5.32. The van der Waals surface area contributed by atoms with Gasteiger partial charge in [0, 0.05) is 13.0 Å². The summed E-state index contributed by atoms with van der Waals surface area (Å²) in [6.07, 6.45) is 41.2. The van der Waals surface area contributed by atoms with Crippen molar-refractivity contribution in [2.45, 2.75) is 135 Å². The van der Waals surface area contributed by atoms with Crippen LogP contribution in [0.15, 0.2) is 72.9 Å². The largest absolute Gasteiger partial charge is 0.480 e. The first kappa shape index (κ1) is 47.4. The second kappa shape index (κ2) is 34.8. The Morgan fingerprint density at radius 3 is 1.62 bits per heavy atom. The zero-order valence-corrected chi connectivity index (χ0v) is 31.6. The minimum absolute atomic E-state index is 0.0166. The summed E-state index contributed by atoms with van der Waals surface area (Å²) in [6.45, 7) is 3.62. The number of esters is 1. The lowest BCUT2D eigenvalue weighted by Crippen LogP contribution is -2.34. The van der Waals surface area contributed by atoms with Crippen molar-refractivity contribution >= 4 is 19.8 Å². The smallest absolute Gasteiger partial charge is 0.472 e. The van der Waals surface area contributed by atoms with Crippen LogP contribution in [0.3, 0.4) is 0 Å². The number of allylic oxidation sites excluding steroid dienone is 12. The van der Waals surface area contributed by atoms with Gasteiger partial charge in [0.2, 0.25) is 0 Å². The highest BCUT2D eigenvalue weighted by Crippen LogP contribution is 2.43. The minimum Gasteiger partial charge on any atom is -0.480 e. The molecule has 0 saturated carbocycles. The van der Waals surface area contributed by atoms with Gasteiger partial charge in [-0.25, -0.2) is 4.57 Å². The Balaban J connectivity index is 4.45. The lowest BCUT2D eigenvalue weighted by atomic mass is 10.1. The Labute approximate surface area is 302 Å².